The van der Waals surface area contributed by atoms with Gasteiger partial charge in [0.25, 0.3) is 0 Å². The molecule has 0 saturated heterocycles. The summed E-state index contributed by atoms with van der Waals surface area (Å²) in [5, 5.41) is 0. The molecule has 96 valence electrons. The van der Waals surface area contributed by atoms with E-state index in [-0.39, 0.29) is 0 Å². The Morgan fingerprint density at radius 1 is 1.10 bits per heavy atom. The van der Waals surface area contributed by atoms with Crippen LogP contribution in [0, 0.1) is 0 Å². The van der Waals surface area contributed by atoms with E-state index in [4.69, 9.17) is 5.73 Å². The van der Waals surface area contributed by atoms with E-state index in [1.807, 2.05) is 53.3 Å². The summed E-state index contributed by atoms with van der Waals surface area (Å²) in [6, 6.07) is 10.1. The summed E-state index contributed by atoms with van der Waals surface area (Å²) in [6.45, 7) is 0. The molecule has 0 unspecified atom stereocenters. The van der Waals surface area contributed by atoms with Gasteiger partial charge in [-0.3, -0.25) is 9.55 Å². The van der Waals surface area contributed by atoms with Gasteiger partial charge in [0.1, 0.15) is 0 Å². The van der Waals surface area contributed by atoms with E-state index >= 15 is 0 Å². The molecule has 0 bridgehead atoms. The number of nitrogens with two attached hydrogens (primary N) is 1. The normalized spacial score (nSPS) is 13.3. The first kappa shape index (κ1) is 11.0. The lowest BCUT2D eigenvalue weighted by molar-refractivity contribution is 1.14. The second kappa shape index (κ2) is 4.06. The van der Waals surface area contributed by atoms with Crippen LogP contribution in [0.5, 0.6) is 0 Å². The Kier molecular flexibility index (Phi) is 2.23. The highest BCUT2D eigenvalue weighted by Gasteiger charge is 2.13. The second-order valence-electron chi connectivity index (χ2n) is 4.70. The molecule has 0 amide bonds. The maximum atomic E-state index is 6.02. The molecule has 2 aromatic heterocycles. The number of imidazole rings is 1. The summed E-state index contributed by atoms with van der Waals surface area (Å²) in [7, 11) is 0. The Hall–Kier alpha value is -2.88. The lowest BCUT2D eigenvalue weighted by Crippen LogP contribution is -2.03. The smallest absolute Gasteiger partial charge is 0.205 e. The van der Waals surface area contributed by atoms with Gasteiger partial charge in [-0.25, -0.2) is 4.98 Å². The van der Waals surface area contributed by atoms with Crippen LogP contribution in [0.4, 0.5) is 5.95 Å². The molecular formula is C16H12N4. The summed E-state index contributed by atoms with van der Waals surface area (Å²) in [5.41, 5.74) is 11.2. The zero-order chi connectivity index (χ0) is 13.5. The summed E-state index contributed by atoms with van der Waals surface area (Å²) in [4.78, 5) is 8.56. The molecule has 1 aromatic carbocycles. The molecule has 2 N–H and O–H groups in total. The van der Waals surface area contributed by atoms with Gasteiger partial charge < -0.3 is 5.73 Å². The largest absolute Gasteiger partial charge is 0.369 e. The highest BCUT2D eigenvalue weighted by molar-refractivity contribution is 5.89. The molecule has 4 nitrogen and oxygen atoms in total. The fourth-order valence-electron chi connectivity index (χ4n) is 2.41. The maximum absolute atomic E-state index is 6.02. The first-order valence-corrected chi connectivity index (χ1v) is 6.40. The molecule has 0 atom stereocenters. The van der Waals surface area contributed by atoms with E-state index in [0.29, 0.717) is 5.95 Å². The Morgan fingerprint density at radius 3 is 2.70 bits per heavy atom. The molecule has 0 saturated carbocycles. The predicted molar refractivity (Wildman–Crippen MR) is 80.8 cm³/mol. The Morgan fingerprint density at radius 2 is 2.00 bits per heavy atom. The number of nitrogens with zero attached hydrogens (tertiary/aromatic N) is 3. The van der Waals surface area contributed by atoms with E-state index in [9.17, 15) is 0 Å². The van der Waals surface area contributed by atoms with Gasteiger partial charge in [-0.2, -0.15) is 0 Å². The number of benzene rings is 1. The van der Waals surface area contributed by atoms with Crippen molar-refractivity contribution in [1.29, 1.82) is 0 Å². The predicted octanol–water partition coefficient (Wildman–Crippen LogP) is 3.09. The minimum absolute atomic E-state index is 0.513. The van der Waals surface area contributed by atoms with Crippen LogP contribution in [0.25, 0.3) is 27.9 Å². The molecule has 1 aliphatic carbocycles. The van der Waals surface area contributed by atoms with Crippen molar-refractivity contribution in [3.8, 4) is 11.1 Å². The molecule has 0 spiro atoms. The average molecular weight is 260 g/mol. The molecule has 0 radical (unpaired) electrons. The van der Waals surface area contributed by atoms with E-state index in [2.05, 4.69) is 16.0 Å². The Labute approximate surface area is 115 Å². The van der Waals surface area contributed by atoms with Gasteiger partial charge in [0.15, 0.2) is 0 Å². The Bertz CT molecular complexity index is 857. The van der Waals surface area contributed by atoms with E-state index in [1.165, 1.54) is 0 Å². The molecule has 0 aliphatic heterocycles. The standard InChI is InChI=1S/C16H12N4/c17-16-19-14-7-6-11(12-3-2-8-18-10-12)9-15(14)20(16)13-4-1-5-13/h1-10H,(H2,17,19). The number of allylic oxidation sites excluding steroid dienone is 4. The van der Waals surface area contributed by atoms with Gasteiger partial charge in [0.2, 0.25) is 5.95 Å². The lowest BCUT2D eigenvalue weighted by atomic mass is 10.1. The number of anilines is 1. The molecule has 4 heteroatoms. The number of pyridine rings is 1. The van der Waals surface area contributed by atoms with Crippen molar-refractivity contribution in [2.75, 3.05) is 5.73 Å². The number of rotatable bonds is 2. The van der Waals surface area contributed by atoms with Crippen molar-refractivity contribution >= 4 is 22.7 Å². The first-order valence-electron chi connectivity index (χ1n) is 6.40. The summed E-state index contributed by atoms with van der Waals surface area (Å²) < 4.78 is 1.97. The maximum Gasteiger partial charge on any atom is 0.205 e. The molecule has 3 aromatic rings. The minimum atomic E-state index is 0.513. The van der Waals surface area contributed by atoms with E-state index in [1.54, 1.807) is 6.20 Å². The molecular weight excluding hydrogens is 248 g/mol. The third-order valence-electron chi connectivity index (χ3n) is 3.47. The number of aromatic nitrogens is 3. The van der Waals surface area contributed by atoms with Crippen LogP contribution >= 0.6 is 0 Å². The fraction of sp³-hybridized carbons (Fsp3) is 0. The molecule has 2 heterocycles. The van der Waals surface area contributed by atoms with Gasteiger partial charge >= 0.3 is 0 Å². The number of hydrogen-bond acceptors (Lipinski definition) is 3. The van der Waals surface area contributed by atoms with Gasteiger partial charge in [0, 0.05) is 23.7 Å². The van der Waals surface area contributed by atoms with Crippen molar-refractivity contribution in [3.63, 3.8) is 0 Å². The lowest BCUT2D eigenvalue weighted by Gasteiger charge is -2.11. The van der Waals surface area contributed by atoms with Crippen LogP contribution < -0.4 is 5.73 Å². The zero-order valence-electron chi connectivity index (χ0n) is 10.7. The monoisotopic (exact) mass is 260 g/mol. The van der Waals surface area contributed by atoms with Crippen molar-refractivity contribution in [3.05, 3.63) is 61.0 Å². The summed E-state index contributed by atoms with van der Waals surface area (Å²) in [6.07, 6.45) is 9.66. The first-order chi connectivity index (χ1) is 9.83. The fourth-order valence-corrected chi connectivity index (χ4v) is 2.41. The van der Waals surface area contributed by atoms with Crippen LogP contribution in [-0.4, -0.2) is 14.5 Å². The minimum Gasteiger partial charge on any atom is -0.369 e. The van der Waals surface area contributed by atoms with Crippen LogP contribution in [0.2, 0.25) is 0 Å². The molecule has 4 rings (SSSR count). The van der Waals surface area contributed by atoms with Crippen LogP contribution in [0.15, 0.2) is 61.0 Å². The summed E-state index contributed by atoms with van der Waals surface area (Å²) >= 11 is 0. The molecule has 1 aliphatic rings. The van der Waals surface area contributed by atoms with Gasteiger partial charge in [-0.05, 0) is 35.9 Å². The number of hydrogen-bond donors (Lipinski definition) is 1. The highest BCUT2D eigenvalue weighted by Crippen LogP contribution is 2.29. The topological polar surface area (TPSA) is 56.7 Å². The van der Waals surface area contributed by atoms with E-state index < -0.39 is 0 Å². The van der Waals surface area contributed by atoms with Crippen molar-refractivity contribution in [1.82, 2.24) is 14.5 Å². The highest BCUT2D eigenvalue weighted by atomic mass is 15.2. The quantitative estimate of drug-likeness (QED) is 0.770. The Balaban J connectivity index is 1.94. The molecule has 0 fully saturated rings. The van der Waals surface area contributed by atoms with Crippen LogP contribution in [-0.2, 0) is 0 Å². The zero-order valence-corrected chi connectivity index (χ0v) is 10.7. The van der Waals surface area contributed by atoms with E-state index in [0.717, 1.165) is 27.9 Å². The van der Waals surface area contributed by atoms with Crippen LogP contribution in [0.3, 0.4) is 0 Å². The SMILES string of the molecule is Nc1nc2ccc(-c3cccnc3)cc2n1C1=CC=C1. The van der Waals surface area contributed by atoms with Crippen molar-refractivity contribution in [2.45, 2.75) is 0 Å². The van der Waals surface area contributed by atoms with Gasteiger partial charge in [-0.15, -0.1) is 0 Å². The van der Waals surface area contributed by atoms with Crippen molar-refractivity contribution in [2.24, 2.45) is 0 Å². The average Bonchev–Trinajstić information content (AvgIpc) is 2.74. The summed E-state index contributed by atoms with van der Waals surface area (Å²) in [5.74, 6) is 0.513. The van der Waals surface area contributed by atoms with Crippen molar-refractivity contribution < 1.29 is 0 Å². The van der Waals surface area contributed by atoms with Gasteiger partial charge in [0.05, 0.1) is 11.0 Å². The molecule has 20 heavy (non-hydrogen) atoms. The van der Waals surface area contributed by atoms with Crippen LogP contribution in [0.1, 0.15) is 0 Å². The number of nitrogen functional groups attached to an aromatic ring is 1. The number of fused-ring (bicyclic) bond motifs is 1. The third-order valence-corrected chi connectivity index (χ3v) is 3.47. The third kappa shape index (κ3) is 1.55. The van der Waals surface area contributed by atoms with Gasteiger partial charge in [-0.1, -0.05) is 18.2 Å². The second-order valence-corrected chi connectivity index (χ2v) is 4.70.